The Morgan fingerprint density at radius 2 is 1.83 bits per heavy atom. The highest BCUT2D eigenvalue weighted by molar-refractivity contribution is 5.88. The first-order valence-electron chi connectivity index (χ1n) is 7.34. The Hall–Kier alpha value is -3.15. The molecule has 0 aliphatic heterocycles. The number of hydrazone groups is 1. The Morgan fingerprint density at radius 1 is 1.17 bits per heavy atom. The van der Waals surface area contributed by atoms with Gasteiger partial charge in [0.05, 0.1) is 12.2 Å². The highest BCUT2D eigenvalue weighted by Crippen LogP contribution is 2.17. The molecular weight excluding hydrogens is 308 g/mol. The molecule has 0 bridgehead atoms. The number of carbonyl (C=O) groups excluding carboxylic acids is 2. The number of ether oxygens (including phenoxy) is 1. The van der Waals surface area contributed by atoms with Crippen LogP contribution in [0.5, 0.6) is 5.75 Å². The molecular formula is C18H17N2O4-. The van der Waals surface area contributed by atoms with Crippen molar-refractivity contribution >= 4 is 18.1 Å². The zero-order valence-corrected chi connectivity index (χ0v) is 13.4. The number of carbonyl (C=O) groups is 2. The highest BCUT2D eigenvalue weighted by atomic mass is 16.5. The number of rotatable bonds is 6. The SMILES string of the molecule is Cc1ccccc1O[C@@H](C)C(=O)NN=Cc1ccc(C(=O)[O-])cc1. The average molecular weight is 325 g/mol. The van der Waals surface area contributed by atoms with Crippen molar-refractivity contribution in [3.05, 3.63) is 65.2 Å². The quantitative estimate of drug-likeness (QED) is 0.640. The van der Waals surface area contributed by atoms with Crippen molar-refractivity contribution in [3.63, 3.8) is 0 Å². The summed E-state index contributed by atoms with van der Waals surface area (Å²) in [6.07, 6.45) is 0.709. The van der Waals surface area contributed by atoms with Gasteiger partial charge in [-0.05, 0) is 36.6 Å². The summed E-state index contributed by atoms with van der Waals surface area (Å²) < 4.78 is 5.59. The molecule has 2 aromatic carbocycles. The predicted molar refractivity (Wildman–Crippen MR) is 87.8 cm³/mol. The number of carboxylic acid groups (broad SMARTS) is 1. The predicted octanol–water partition coefficient (Wildman–Crippen LogP) is 1.28. The Labute approximate surface area is 139 Å². The Bertz CT molecular complexity index is 754. The lowest BCUT2D eigenvalue weighted by molar-refractivity contribution is -0.255. The molecule has 0 aromatic heterocycles. The van der Waals surface area contributed by atoms with Gasteiger partial charge in [-0.1, -0.05) is 42.5 Å². The maximum Gasteiger partial charge on any atom is 0.280 e. The first-order valence-corrected chi connectivity index (χ1v) is 7.34. The zero-order chi connectivity index (χ0) is 17.5. The maximum absolute atomic E-state index is 12.0. The molecule has 0 spiro atoms. The summed E-state index contributed by atoms with van der Waals surface area (Å²) in [7, 11) is 0. The Balaban J connectivity index is 1.89. The second kappa shape index (κ2) is 7.92. The van der Waals surface area contributed by atoms with Crippen molar-refractivity contribution < 1.29 is 19.4 Å². The van der Waals surface area contributed by atoms with Crippen LogP contribution in [-0.4, -0.2) is 24.2 Å². The summed E-state index contributed by atoms with van der Waals surface area (Å²) in [5.74, 6) is -0.989. The van der Waals surface area contributed by atoms with Gasteiger partial charge in [0, 0.05) is 0 Å². The highest BCUT2D eigenvalue weighted by Gasteiger charge is 2.14. The van der Waals surface area contributed by atoms with Crippen molar-refractivity contribution in [2.75, 3.05) is 0 Å². The molecule has 0 unspecified atom stereocenters. The van der Waals surface area contributed by atoms with E-state index in [0.29, 0.717) is 11.3 Å². The molecule has 0 fully saturated rings. The van der Waals surface area contributed by atoms with Crippen molar-refractivity contribution in [1.82, 2.24) is 5.43 Å². The summed E-state index contributed by atoms with van der Waals surface area (Å²) in [4.78, 5) is 22.6. The van der Waals surface area contributed by atoms with Crippen LogP contribution in [0.1, 0.15) is 28.4 Å². The van der Waals surface area contributed by atoms with Crippen molar-refractivity contribution in [2.45, 2.75) is 20.0 Å². The van der Waals surface area contributed by atoms with E-state index in [1.54, 1.807) is 25.1 Å². The van der Waals surface area contributed by atoms with Gasteiger partial charge in [0.25, 0.3) is 5.91 Å². The van der Waals surface area contributed by atoms with Gasteiger partial charge in [-0.3, -0.25) is 4.79 Å². The van der Waals surface area contributed by atoms with E-state index in [2.05, 4.69) is 10.5 Å². The molecule has 0 aliphatic carbocycles. The second-order valence-electron chi connectivity index (χ2n) is 5.17. The first-order chi connectivity index (χ1) is 11.5. The summed E-state index contributed by atoms with van der Waals surface area (Å²) in [6.45, 7) is 3.53. The van der Waals surface area contributed by atoms with Crippen LogP contribution in [0.15, 0.2) is 53.6 Å². The number of para-hydroxylation sites is 1. The smallest absolute Gasteiger partial charge is 0.280 e. The monoisotopic (exact) mass is 325 g/mol. The minimum Gasteiger partial charge on any atom is -0.545 e. The molecule has 0 heterocycles. The fraction of sp³-hybridized carbons (Fsp3) is 0.167. The van der Waals surface area contributed by atoms with Gasteiger partial charge < -0.3 is 14.6 Å². The normalized spacial score (nSPS) is 11.9. The Morgan fingerprint density at radius 3 is 2.46 bits per heavy atom. The number of hydrogen-bond donors (Lipinski definition) is 1. The van der Waals surface area contributed by atoms with Crippen molar-refractivity contribution in [1.29, 1.82) is 0 Å². The summed E-state index contributed by atoms with van der Waals surface area (Å²) in [5, 5.41) is 14.5. The van der Waals surface area contributed by atoms with E-state index < -0.39 is 12.1 Å². The van der Waals surface area contributed by atoms with Crippen LogP contribution in [0.2, 0.25) is 0 Å². The third-order valence-corrected chi connectivity index (χ3v) is 3.30. The molecule has 1 N–H and O–H groups in total. The lowest BCUT2D eigenvalue weighted by atomic mass is 10.1. The molecule has 0 saturated carbocycles. The number of nitrogens with zero attached hydrogens (tertiary/aromatic N) is 1. The lowest BCUT2D eigenvalue weighted by Gasteiger charge is -2.14. The fourth-order valence-electron chi connectivity index (χ4n) is 1.90. The fourth-order valence-corrected chi connectivity index (χ4v) is 1.90. The number of aryl methyl sites for hydroxylation is 1. The summed E-state index contributed by atoms with van der Waals surface area (Å²) in [5.41, 5.74) is 4.05. The van der Waals surface area contributed by atoms with Crippen molar-refractivity contribution in [2.24, 2.45) is 5.10 Å². The number of benzene rings is 2. The number of carboxylic acids is 1. The number of hydrogen-bond acceptors (Lipinski definition) is 5. The zero-order valence-electron chi connectivity index (χ0n) is 13.4. The maximum atomic E-state index is 12.0. The van der Waals surface area contributed by atoms with Crippen LogP contribution in [-0.2, 0) is 4.79 Å². The molecule has 0 radical (unpaired) electrons. The van der Waals surface area contributed by atoms with E-state index in [0.717, 1.165) is 5.56 Å². The van der Waals surface area contributed by atoms with E-state index >= 15 is 0 Å². The third-order valence-electron chi connectivity index (χ3n) is 3.30. The minimum absolute atomic E-state index is 0.0800. The van der Waals surface area contributed by atoms with Gasteiger partial charge >= 0.3 is 0 Å². The molecule has 124 valence electrons. The van der Waals surface area contributed by atoms with Gasteiger partial charge in [-0.15, -0.1) is 0 Å². The van der Waals surface area contributed by atoms with Crippen LogP contribution >= 0.6 is 0 Å². The van der Waals surface area contributed by atoms with Crippen molar-refractivity contribution in [3.8, 4) is 5.75 Å². The molecule has 1 atom stereocenters. The summed E-state index contributed by atoms with van der Waals surface area (Å²) in [6, 6.07) is 13.4. The van der Waals surface area contributed by atoms with Gasteiger partial charge in [0.15, 0.2) is 6.10 Å². The van der Waals surface area contributed by atoms with E-state index in [-0.39, 0.29) is 11.5 Å². The van der Waals surface area contributed by atoms with Crippen LogP contribution in [0.4, 0.5) is 0 Å². The van der Waals surface area contributed by atoms with E-state index in [9.17, 15) is 14.7 Å². The van der Waals surface area contributed by atoms with Crippen LogP contribution in [0, 0.1) is 6.92 Å². The second-order valence-corrected chi connectivity index (χ2v) is 5.17. The minimum atomic E-state index is -1.24. The van der Waals surface area contributed by atoms with Crippen LogP contribution in [0.25, 0.3) is 0 Å². The number of amides is 1. The molecule has 24 heavy (non-hydrogen) atoms. The third kappa shape index (κ3) is 4.67. The van der Waals surface area contributed by atoms with Gasteiger partial charge in [0.1, 0.15) is 5.75 Å². The number of aromatic carboxylic acids is 1. The molecule has 1 amide bonds. The van der Waals surface area contributed by atoms with Gasteiger partial charge in [-0.2, -0.15) is 5.10 Å². The van der Waals surface area contributed by atoms with E-state index in [1.165, 1.54) is 18.3 Å². The first kappa shape index (κ1) is 17.2. The summed E-state index contributed by atoms with van der Waals surface area (Å²) >= 11 is 0. The number of nitrogens with one attached hydrogen (secondary N) is 1. The molecule has 2 rings (SSSR count). The lowest BCUT2D eigenvalue weighted by Crippen LogP contribution is -2.33. The van der Waals surface area contributed by atoms with E-state index in [1.807, 2.05) is 25.1 Å². The van der Waals surface area contributed by atoms with E-state index in [4.69, 9.17) is 4.74 Å². The average Bonchev–Trinajstić information content (AvgIpc) is 2.57. The van der Waals surface area contributed by atoms with Crippen LogP contribution < -0.4 is 15.3 Å². The Kier molecular flexibility index (Phi) is 5.68. The van der Waals surface area contributed by atoms with Crippen LogP contribution in [0.3, 0.4) is 0 Å². The van der Waals surface area contributed by atoms with Gasteiger partial charge in [-0.25, -0.2) is 5.43 Å². The standard InChI is InChI=1S/C18H18N2O4/c1-12-5-3-4-6-16(12)24-13(2)17(21)20-19-11-14-7-9-15(10-8-14)18(22)23/h3-11,13H,1-2H3,(H,20,21)(H,22,23)/p-1/t13-/m0/s1. The molecule has 6 heteroatoms. The largest absolute Gasteiger partial charge is 0.545 e. The molecule has 6 nitrogen and oxygen atoms in total. The molecule has 0 aliphatic rings. The molecule has 2 aromatic rings. The van der Waals surface area contributed by atoms with Gasteiger partial charge in [0.2, 0.25) is 0 Å². The molecule has 0 saturated heterocycles. The topological polar surface area (TPSA) is 90.8 Å².